The summed E-state index contributed by atoms with van der Waals surface area (Å²) in [6.07, 6.45) is 1.59. The Bertz CT molecular complexity index is 929. The van der Waals surface area contributed by atoms with Gasteiger partial charge in [-0.2, -0.15) is 4.98 Å². The normalized spacial score (nSPS) is 16.9. The number of aromatic nitrogens is 2. The fraction of sp³-hybridized carbons (Fsp3) is 0.250. The molecule has 0 radical (unpaired) electrons. The number of carbonyl (C=O) groups is 1. The summed E-state index contributed by atoms with van der Waals surface area (Å²) >= 11 is 0. The molecule has 6 nitrogen and oxygen atoms in total. The van der Waals surface area contributed by atoms with Crippen molar-refractivity contribution in [2.45, 2.75) is 18.8 Å². The summed E-state index contributed by atoms with van der Waals surface area (Å²) in [6.45, 7) is 0.977. The largest absolute Gasteiger partial charge is 0.422 e. The van der Waals surface area contributed by atoms with E-state index in [1.165, 1.54) is 12.1 Å². The van der Waals surface area contributed by atoms with Crippen LogP contribution in [0.25, 0.3) is 0 Å². The average molecular weight is 367 g/mol. The molecule has 0 aliphatic carbocycles. The number of amides is 1. The molecule has 1 fully saturated rings. The molecule has 1 amide bonds. The third-order valence-electron chi connectivity index (χ3n) is 4.54. The fourth-order valence-electron chi connectivity index (χ4n) is 3.19. The maximum Gasteiger partial charge on any atom is 0.359 e. The number of carbonyl (C=O) groups excluding carboxylic acids is 1. The fourth-order valence-corrected chi connectivity index (χ4v) is 3.19. The number of rotatable bonds is 4. The van der Waals surface area contributed by atoms with E-state index < -0.39 is 5.82 Å². The van der Waals surface area contributed by atoms with Gasteiger partial charge in [0.15, 0.2) is 0 Å². The van der Waals surface area contributed by atoms with E-state index in [1.807, 2.05) is 18.2 Å². The van der Waals surface area contributed by atoms with Gasteiger partial charge in [0.2, 0.25) is 5.89 Å². The lowest BCUT2D eigenvalue weighted by molar-refractivity contribution is 0.0691. The zero-order valence-corrected chi connectivity index (χ0v) is 14.5. The van der Waals surface area contributed by atoms with Crippen LogP contribution in [-0.2, 0) is 0 Å². The van der Waals surface area contributed by atoms with Crippen LogP contribution in [0, 0.1) is 5.82 Å². The molecule has 27 heavy (non-hydrogen) atoms. The van der Waals surface area contributed by atoms with Gasteiger partial charge in [0.25, 0.3) is 5.91 Å². The van der Waals surface area contributed by atoms with Crippen LogP contribution < -0.4 is 4.74 Å². The Hall–Kier alpha value is -3.22. The Labute approximate surface area is 155 Å². The van der Waals surface area contributed by atoms with Crippen LogP contribution in [-0.4, -0.2) is 34.0 Å². The van der Waals surface area contributed by atoms with Gasteiger partial charge in [-0.15, -0.1) is 0 Å². The second-order valence-corrected chi connectivity index (χ2v) is 6.40. The first kappa shape index (κ1) is 17.2. The summed E-state index contributed by atoms with van der Waals surface area (Å²) in [5.74, 6) is 0.103. The van der Waals surface area contributed by atoms with E-state index in [1.54, 1.807) is 29.2 Å². The number of hydrogen-bond acceptors (Lipinski definition) is 5. The van der Waals surface area contributed by atoms with Gasteiger partial charge in [-0.3, -0.25) is 4.79 Å². The molecule has 138 valence electrons. The molecule has 1 aliphatic rings. The van der Waals surface area contributed by atoms with E-state index in [4.69, 9.17) is 9.26 Å². The maximum absolute atomic E-state index is 13.9. The molecule has 0 unspecified atom stereocenters. The highest BCUT2D eigenvalue weighted by Crippen LogP contribution is 2.29. The second-order valence-electron chi connectivity index (χ2n) is 6.40. The number of piperidine rings is 1. The highest BCUT2D eigenvalue weighted by Gasteiger charge is 2.30. The van der Waals surface area contributed by atoms with E-state index >= 15 is 0 Å². The molecule has 2 aromatic carbocycles. The van der Waals surface area contributed by atoms with Crippen LogP contribution in [0.4, 0.5) is 4.39 Å². The molecule has 3 aromatic rings. The van der Waals surface area contributed by atoms with Crippen molar-refractivity contribution in [3.63, 3.8) is 0 Å². The van der Waals surface area contributed by atoms with Gasteiger partial charge in [0.05, 0.1) is 11.5 Å². The Morgan fingerprint density at radius 1 is 1.15 bits per heavy atom. The second kappa shape index (κ2) is 7.57. The third-order valence-corrected chi connectivity index (χ3v) is 4.54. The Morgan fingerprint density at radius 2 is 1.93 bits per heavy atom. The van der Waals surface area contributed by atoms with Gasteiger partial charge in [-0.25, -0.2) is 4.39 Å². The lowest BCUT2D eigenvalue weighted by atomic mass is 9.97. The minimum Gasteiger partial charge on any atom is -0.422 e. The van der Waals surface area contributed by atoms with Crippen LogP contribution >= 0.6 is 0 Å². The van der Waals surface area contributed by atoms with Gasteiger partial charge in [0.1, 0.15) is 11.6 Å². The first-order valence-corrected chi connectivity index (χ1v) is 8.81. The van der Waals surface area contributed by atoms with Gasteiger partial charge >= 0.3 is 6.01 Å². The number of hydrogen-bond donors (Lipinski definition) is 0. The van der Waals surface area contributed by atoms with E-state index in [0.717, 1.165) is 12.8 Å². The number of ether oxygens (including phenoxy) is 1. The Morgan fingerprint density at radius 3 is 2.74 bits per heavy atom. The maximum atomic E-state index is 13.9. The van der Waals surface area contributed by atoms with E-state index in [0.29, 0.717) is 24.7 Å². The molecule has 2 heterocycles. The Balaban J connectivity index is 1.46. The van der Waals surface area contributed by atoms with Gasteiger partial charge < -0.3 is 14.2 Å². The number of nitrogens with zero attached hydrogens (tertiary/aromatic N) is 3. The van der Waals surface area contributed by atoms with E-state index in [2.05, 4.69) is 10.1 Å². The Kier molecular flexibility index (Phi) is 4.82. The first-order chi connectivity index (χ1) is 13.2. The quantitative estimate of drug-likeness (QED) is 0.697. The van der Waals surface area contributed by atoms with E-state index in [-0.39, 0.29) is 23.4 Å². The lowest BCUT2D eigenvalue weighted by Gasteiger charge is -2.31. The molecule has 0 saturated carbocycles. The monoisotopic (exact) mass is 367 g/mol. The molecule has 1 aliphatic heterocycles. The summed E-state index contributed by atoms with van der Waals surface area (Å²) < 4.78 is 24.8. The predicted molar refractivity (Wildman–Crippen MR) is 95.1 cm³/mol. The molecule has 4 rings (SSSR count). The van der Waals surface area contributed by atoms with Crippen molar-refractivity contribution in [2.75, 3.05) is 13.1 Å². The summed E-state index contributed by atoms with van der Waals surface area (Å²) in [6, 6.07) is 15.3. The van der Waals surface area contributed by atoms with Crippen LogP contribution in [0.1, 0.15) is 35.0 Å². The van der Waals surface area contributed by atoms with Crippen molar-refractivity contribution < 1.29 is 18.4 Å². The van der Waals surface area contributed by atoms with Crippen LogP contribution in [0.2, 0.25) is 0 Å². The highest BCUT2D eigenvalue weighted by molar-refractivity contribution is 5.94. The minimum atomic E-state index is -0.513. The molecular formula is C20H18FN3O3. The summed E-state index contributed by atoms with van der Waals surface area (Å²) in [5.41, 5.74) is 0.0804. The number of benzene rings is 2. The zero-order valence-electron chi connectivity index (χ0n) is 14.5. The number of para-hydroxylation sites is 1. The van der Waals surface area contributed by atoms with Crippen molar-refractivity contribution in [3.05, 3.63) is 71.9 Å². The summed E-state index contributed by atoms with van der Waals surface area (Å²) in [7, 11) is 0. The standard InChI is InChI=1S/C20H18FN3O3/c21-17-11-5-4-10-16(17)19(25)24-12-6-7-14(13-24)18-22-20(23-27-18)26-15-8-2-1-3-9-15/h1-5,8-11,14H,6-7,12-13H2/t14-/m0/s1. The first-order valence-electron chi connectivity index (χ1n) is 8.81. The van der Waals surface area contributed by atoms with Gasteiger partial charge in [-0.1, -0.05) is 30.3 Å². The number of likely N-dealkylation sites (tertiary alicyclic amines) is 1. The van der Waals surface area contributed by atoms with Crippen molar-refractivity contribution in [3.8, 4) is 11.8 Å². The topological polar surface area (TPSA) is 68.5 Å². The molecular weight excluding hydrogens is 349 g/mol. The van der Waals surface area contributed by atoms with Crippen LogP contribution in [0.3, 0.4) is 0 Å². The van der Waals surface area contributed by atoms with Crippen molar-refractivity contribution in [1.29, 1.82) is 0 Å². The van der Waals surface area contributed by atoms with Crippen LogP contribution in [0.5, 0.6) is 11.8 Å². The third kappa shape index (κ3) is 3.81. The van der Waals surface area contributed by atoms with Crippen LogP contribution in [0.15, 0.2) is 59.1 Å². The van der Waals surface area contributed by atoms with Gasteiger partial charge in [-0.05, 0) is 42.3 Å². The van der Waals surface area contributed by atoms with E-state index in [9.17, 15) is 9.18 Å². The molecule has 0 bridgehead atoms. The molecule has 1 aromatic heterocycles. The highest BCUT2D eigenvalue weighted by atomic mass is 19.1. The predicted octanol–water partition coefficient (Wildman–Crippen LogP) is 4.02. The molecule has 7 heteroatoms. The molecule has 1 atom stereocenters. The SMILES string of the molecule is O=C(c1ccccc1F)N1CCC[C@H](c2nc(Oc3ccccc3)no2)C1. The summed E-state index contributed by atoms with van der Waals surface area (Å²) in [4.78, 5) is 18.6. The van der Waals surface area contributed by atoms with Crippen molar-refractivity contribution in [1.82, 2.24) is 15.0 Å². The smallest absolute Gasteiger partial charge is 0.359 e. The lowest BCUT2D eigenvalue weighted by Crippen LogP contribution is -2.39. The molecule has 0 spiro atoms. The van der Waals surface area contributed by atoms with Crippen molar-refractivity contribution >= 4 is 5.91 Å². The molecule has 1 saturated heterocycles. The van der Waals surface area contributed by atoms with Crippen molar-refractivity contribution in [2.24, 2.45) is 0 Å². The minimum absolute atomic E-state index is 0.0804. The number of halogens is 1. The average Bonchev–Trinajstić information content (AvgIpc) is 3.17. The molecule has 0 N–H and O–H groups in total. The summed E-state index contributed by atoms with van der Waals surface area (Å²) in [5, 5.41) is 3.86. The zero-order chi connectivity index (χ0) is 18.6. The van der Waals surface area contributed by atoms with Gasteiger partial charge in [0, 0.05) is 13.1 Å².